The van der Waals surface area contributed by atoms with Gasteiger partial charge in [0.05, 0.1) is 6.61 Å². The number of piperidine rings is 1. The van der Waals surface area contributed by atoms with Crippen molar-refractivity contribution in [2.45, 2.75) is 52.9 Å². The first-order chi connectivity index (χ1) is 10.1. The fourth-order valence-corrected chi connectivity index (χ4v) is 3.35. The zero-order valence-electron chi connectivity index (χ0n) is 14.2. The normalized spacial score (nSPS) is 20.0. The molecule has 0 aliphatic carbocycles. The van der Waals surface area contributed by atoms with Crippen LogP contribution < -0.4 is 4.74 Å². The smallest absolute Gasteiger partial charge is 0.119 e. The topological polar surface area (TPSA) is 12.5 Å². The Bertz CT molecular complexity index is 441. The SMILES string of the molecule is Cc1cc(OCCCN2CCCC(C)C2)ccc1C(C)C. The fraction of sp³-hybridized carbons (Fsp3) is 0.684. The van der Waals surface area contributed by atoms with Crippen molar-refractivity contribution < 1.29 is 4.74 Å². The molecule has 0 bridgehead atoms. The van der Waals surface area contributed by atoms with E-state index in [0.717, 1.165) is 24.7 Å². The zero-order valence-corrected chi connectivity index (χ0v) is 14.2. The fourth-order valence-electron chi connectivity index (χ4n) is 3.35. The van der Waals surface area contributed by atoms with E-state index in [1.54, 1.807) is 0 Å². The molecule has 2 nitrogen and oxygen atoms in total. The van der Waals surface area contributed by atoms with E-state index in [9.17, 15) is 0 Å². The van der Waals surface area contributed by atoms with Crippen molar-refractivity contribution in [2.75, 3.05) is 26.2 Å². The van der Waals surface area contributed by atoms with Gasteiger partial charge >= 0.3 is 0 Å². The van der Waals surface area contributed by atoms with Crippen LogP contribution in [0.2, 0.25) is 0 Å². The minimum absolute atomic E-state index is 0.583. The number of nitrogens with zero attached hydrogens (tertiary/aromatic N) is 1. The Balaban J connectivity index is 1.72. The van der Waals surface area contributed by atoms with Crippen molar-refractivity contribution in [3.63, 3.8) is 0 Å². The first-order valence-corrected chi connectivity index (χ1v) is 8.52. The minimum atomic E-state index is 0.583. The van der Waals surface area contributed by atoms with Gasteiger partial charge in [-0.25, -0.2) is 0 Å². The lowest BCUT2D eigenvalue weighted by Gasteiger charge is -2.30. The second-order valence-corrected chi connectivity index (χ2v) is 6.92. The second-order valence-electron chi connectivity index (χ2n) is 6.92. The highest BCUT2D eigenvalue weighted by atomic mass is 16.5. The molecule has 1 aromatic carbocycles. The highest BCUT2D eigenvalue weighted by Crippen LogP contribution is 2.23. The van der Waals surface area contributed by atoms with Crippen molar-refractivity contribution >= 4 is 0 Å². The molecule has 21 heavy (non-hydrogen) atoms. The average molecular weight is 289 g/mol. The first-order valence-electron chi connectivity index (χ1n) is 8.52. The molecule has 0 radical (unpaired) electrons. The number of hydrogen-bond donors (Lipinski definition) is 0. The third-order valence-corrected chi connectivity index (χ3v) is 4.49. The van der Waals surface area contributed by atoms with E-state index in [2.05, 4.69) is 50.8 Å². The summed E-state index contributed by atoms with van der Waals surface area (Å²) in [4.78, 5) is 2.59. The summed E-state index contributed by atoms with van der Waals surface area (Å²) in [5.41, 5.74) is 2.76. The summed E-state index contributed by atoms with van der Waals surface area (Å²) >= 11 is 0. The van der Waals surface area contributed by atoms with Crippen molar-refractivity contribution in [3.05, 3.63) is 29.3 Å². The summed E-state index contributed by atoms with van der Waals surface area (Å²) in [5.74, 6) is 2.47. The number of hydrogen-bond acceptors (Lipinski definition) is 2. The molecule has 118 valence electrons. The molecule has 2 rings (SSSR count). The van der Waals surface area contributed by atoms with Crippen molar-refractivity contribution in [3.8, 4) is 5.75 Å². The lowest BCUT2D eigenvalue weighted by Crippen LogP contribution is -2.35. The van der Waals surface area contributed by atoms with E-state index < -0.39 is 0 Å². The number of benzene rings is 1. The third-order valence-electron chi connectivity index (χ3n) is 4.49. The molecule has 0 aromatic heterocycles. The van der Waals surface area contributed by atoms with Gasteiger partial charge in [0.1, 0.15) is 5.75 Å². The molecule has 1 heterocycles. The van der Waals surface area contributed by atoms with Crippen LogP contribution in [0.15, 0.2) is 18.2 Å². The second kappa shape index (κ2) is 7.84. The predicted molar refractivity (Wildman–Crippen MR) is 90.2 cm³/mol. The van der Waals surface area contributed by atoms with E-state index in [1.165, 1.54) is 43.6 Å². The molecule has 2 heteroatoms. The summed E-state index contributed by atoms with van der Waals surface area (Å²) in [6, 6.07) is 6.51. The van der Waals surface area contributed by atoms with Gasteiger partial charge in [0, 0.05) is 13.1 Å². The van der Waals surface area contributed by atoms with Crippen LogP contribution in [-0.2, 0) is 0 Å². The summed E-state index contributed by atoms with van der Waals surface area (Å²) in [6.07, 6.45) is 3.88. The highest BCUT2D eigenvalue weighted by molar-refractivity contribution is 5.36. The molecule has 1 aliphatic heterocycles. The van der Waals surface area contributed by atoms with Gasteiger partial charge in [0.25, 0.3) is 0 Å². The quantitative estimate of drug-likeness (QED) is 0.709. The van der Waals surface area contributed by atoms with Crippen molar-refractivity contribution in [1.82, 2.24) is 4.90 Å². The predicted octanol–water partition coefficient (Wildman–Crippen LogP) is 4.62. The monoisotopic (exact) mass is 289 g/mol. The molecular weight excluding hydrogens is 258 g/mol. The van der Waals surface area contributed by atoms with Gasteiger partial charge in [0.2, 0.25) is 0 Å². The van der Waals surface area contributed by atoms with Gasteiger partial charge in [-0.3, -0.25) is 0 Å². The summed E-state index contributed by atoms with van der Waals surface area (Å²) in [6.45, 7) is 13.6. The van der Waals surface area contributed by atoms with Crippen LogP contribution >= 0.6 is 0 Å². The maximum absolute atomic E-state index is 5.91. The molecule has 0 spiro atoms. The van der Waals surface area contributed by atoms with E-state index in [-0.39, 0.29) is 0 Å². The molecule has 0 amide bonds. The van der Waals surface area contributed by atoms with Crippen LogP contribution in [0.25, 0.3) is 0 Å². The molecule has 1 aliphatic rings. The molecular formula is C19H31NO. The molecule has 1 aromatic rings. The first kappa shape index (κ1) is 16.4. The zero-order chi connectivity index (χ0) is 15.2. The average Bonchev–Trinajstić information content (AvgIpc) is 2.43. The van der Waals surface area contributed by atoms with Gasteiger partial charge in [-0.2, -0.15) is 0 Å². The highest BCUT2D eigenvalue weighted by Gasteiger charge is 2.15. The summed E-state index contributed by atoms with van der Waals surface area (Å²) < 4.78 is 5.91. The van der Waals surface area contributed by atoms with Crippen molar-refractivity contribution in [2.24, 2.45) is 5.92 Å². The summed E-state index contributed by atoms with van der Waals surface area (Å²) in [7, 11) is 0. The Hall–Kier alpha value is -1.02. The van der Waals surface area contributed by atoms with Crippen LogP contribution in [0.3, 0.4) is 0 Å². The van der Waals surface area contributed by atoms with Gasteiger partial charge in [0.15, 0.2) is 0 Å². The molecule has 1 unspecified atom stereocenters. The maximum Gasteiger partial charge on any atom is 0.119 e. The minimum Gasteiger partial charge on any atom is -0.494 e. The number of likely N-dealkylation sites (tertiary alicyclic amines) is 1. The van der Waals surface area contributed by atoms with E-state index >= 15 is 0 Å². The van der Waals surface area contributed by atoms with E-state index in [1.807, 2.05) is 0 Å². The number of aryl methyl sites for hydroxylation is 1. The van der Waals surface area contributed by atoms with Crippen LogP contribution in [0.5, 0.6) is 5.75 Å². The van der Waals surface area contributed by atoms with Gasteiger partial charge in [-0.15, -0.1) is 0 Å². The Morgan fingerprint density at radius 1 is 1.33 bits per heavy atom. The van der Waals surface area contributed by atoms with Gasteiger partial charge in [-0.1, -0.05) is 26.8 Å². The Morgan fingerprint density at radius 2 is 2.14 bits per heavy atom. The van der Waals surface area contributed by atoms with Crippen LogP contribution in [0.1, 0.15) is 57.1 Å². The van der Waals surface area contributed by atoms with Crippen LogP contribution in [0, 0.1) is 12.8 Å². The molecule has 0 N–H and O–H groups in total. The number of rotatable bonds is 6. The maximum atomic E-state index is 5.91. The Labute approximate surface area is 130 Å². The lowest BCUT2D eigenvalue weighted by atomic mass is 9.98. The summed E-state index contributed by atoms with van der Waals surface area (Å²) in [5, 5.41) is 0. The van der Waals surface area contributed by atoms with E-state index in [4.69, 9.17) is 4.74 Å². The largest absolute Gasteiger partial charge is 0.494 e. The Morgan fingerprint density at radius 3 is 2.81 bits per heavy atom. The van der Waals surface area contributed by atoms with E-state index in [0.29, 0.717) is 5.92 Å². The van der Waals surface area contributed by atoms with Crippen LogP contribution in [-0.4, -0.2) is 31.1 Å². The Kier molecular flexibility index (Phi) is 6.10. The van der Waals surface area contributed by atoms with Crippen LogP contribution in [0.4, 0.5) is 0 Å². The van der Waals surface area contributed by atoms with Gasteiger partial charge < -0.3 is 9.64 Å². The molecule has 0 saturated carbocycles. The standard InChI is InChI=1S/C19H31NO/c1-15(2)19-9-8-18(13-17(19)4)21-12-6-11-20-10-5-7-16(3)14-20/h8-9,13,15-16H,5-7,10-12,14H2,1-4H3. The molecule has 1 atom stereocenters. The molecule has 1 saturated heterocycles. The van der Waals surface area contributed by atoms with Crippen molar-refractivity contribution in [1.29, 1.82) is 0 Å². The lowest BCUT2D eigenvalue weighted by molar-refractivity contribution is 0.170. The third kappa shape index (κ3) is 5.03. The van der Waals surface area contributed by atoms with Gasteiger partial charge in [-0.05, 0) is 67.8 Å². The number of ether oxygens (including phenoxy) is 1. The molecule has 1 fully saturated rings.